The highest BCUT2D eigenvalue weighted by Crippen LogP contribution is 2.30. The van der Waals surface area contributed by atoms with E-state index in [9.17, 15) is 9.59 Å². The largest absolute Gasteiger partial charge is 0.459 e. The molecule has 0 bridgehead atoms. The zero-order valence-electron chi connectivity index (χ0n) is 16.4. The highest BCUT2D eigenvalue weighted by atomic mass is 16.5. The molecule has 2 N–H and O–H groups in total. The van der Waals surface area contributed by atoms with Crippen molar-refractivity contribution in [2.75, 3.05) is 7.05 Å². The molecule has 148 valence electrons. The van der Waals surface area contributed by atoms with Gasteiger partial charge in [0.1, 0.15) is 12.1 Å². The first-order valence-corrected chi connectivity index (χ1v) is 9.90. The van der Waals surface area contributed by atoms with E-state index in [1.54, 1.807) is 12.1 Å². The Morgan fingerprint density at radius 2 is 1.61 bits per heavy atom. The summed E-state index contributed by atoms with van der Waals surface area (Å²) in [5.41, 5.74) is 1.66. The van der Waals surface area contributed by atoms with Crippen molar-refractivity contribution in [2.45, 2.75) is 50.8 Å². The van der Waals surface area contributed by atoms with E-state index in [1.165, 1.54) is 0 Å². The van der Waals surface area contributed by atoms with Crippen molar-refractivity contribution in [3.63, 3.8) is 0 Å². The molecule has 0 aliphatic heterocycles. The van der Waals surface area contributed by atoms with Crippen LogP contribution in [0.3, 0.4) is 0 Å². The van der Waals surface area contributed by atoms with Crippen molar-refractivity contribution in [1.29, 1.82) is 0 Å². The first-order chi connectivity index (χ1) is 13.6. The molecule has 1 saturated carbocycles. The van der Waals surface area contributed by atoms with Gasteiger partial charge in [0, 0.05) is 12.1 Å². The molecular weight excluding hydrogens is 352 g/mol. The Balaban J connectivity index is 1.69. The lowest BCUT2D eigenvalue weighted by Crippen LogP contribution is -2.56. The normalized spacial score (nSPS) is 15.6. The average molecular weight is 380 g/mol. The number of rotatable bonds is 7. The zero-order valence-corrected chi connectivity index (χ0v) is 16.4. The molecule has 0 heterocycles. The second kappa shape index (κ2) is 9.51. The van der Waals surface area contributed by atoms with Crippen LogP contribution in [0.5, 0.6) is 0 Å². The standard InChI is InChI=1S/C23H28N2O3/c1-24-16-18-10-12-20(13-11-18)21(26)25-23(14-6-3-7-15-23)22(27)28-17-19-8-4-2-5-9-19/h2,4-5,8-13,24H,3,6-7,14-17H2,1H3,(H,25,26). The van der Waals surface area contributed by atoms with Gasteiger partial charge in [0.25, 0.3) is 5.91 Å². The number of carbonyl (C=O) groups excluding carboxylic acids is 2. The van der Waals surface area contributed by atoms with Crippen LogP contribution in [0.25, 0.3) is 0 Å². The average Bonchev–Trinajstić information content (AvgIpc) is 2.74. The zero-order chi connectivity index (χ0) is 19.8. The summed E-state index contributed by atoms with van der Waals surface area (Å²) in [4.78, 5) is 25.8. The minimum Gasteiger partial charge on any atom is -0.459 e. The van der Waals surface area contributed by atoms with Crippen molar-refractivity contribution < 1.29 is 14.3 Å². The Morgan fingerprint density at radius 1 is 0.929 bits per heavy atom. The van der Waals surface area contributed by atoms with Crippen molar-refractivity contribution in [1.82, 2.24) is 10.6 Å². The summed E-state index contributed by atoms with van der Waals surface area (Å²) < 4.78 is 5.60. The number of hydrogen-bond acceptors (Lipinski definition) is 4. The van der Waals surface area contributed by atoms with Gasteiger partial charge < -0.3 is 15.4 Å². The van der Waals surface area contributed by atoms with E-state index in [1.807, 2.05) is 49.5 Å². The topological polar surface area (TPSA) is 67.4 Å². The number of nitrogens with one attached hydrogen (secondary N) is 2. The van der Waals surface area contributed by atoms with E-state index in [0.717, 1.165) is 36.9 Å². The predicted octanol–water partition coefficient (Wildman–Crippen LogP) is 3.58. The molecule has 3 rings (SSSR count). The van der Waals surface area contributed by atoms with Gasteiger partial charge in [0.15, 0.2) is 0 Å². The minimum absolute atomic E-state index is 0.218. The van der Waals surface area contributed by atoms with Crippen LogP contribution in [0, 0.1) is 0 Å². The van der Waals surface area contributed by atoms with Crippen LogP contribution in [0.2, 0.25) is 0 Å². The second-order valence-corrected chi connectivity index (χ2v) is 7.39. The third kappa shape index (κ3) is 4.98. The molecule has 1 amide bonds. The molecule has 2 aromatic rings. The van der Waals surface area contributed by atoms with Crippen LogP contribution in [0.4, 0.5) is 0 Å². The SMILES string of the molecule is CNCc1ccc(C(=O)NC2(C(=O)OCc3ccccc3)CCCCC2)cc1. The first-order valence-electron chi connectivity index (χ1n) is 9.90. The van der Waals surface area contributed by atoms with Gasteiger partial charge in [-0.25, -0.2) is 4.79 Å². The highest BCUT2D eigenvalue weighted by Gasteiger charge is 2.42. The molecule has 5 nitrogen and oxygen atoms in total. The molecule has 28 heavy (non-hydrogen) atoms. The number of carbonyl (C=O) groups is 2. The van der Waals surface area contributed by atoms with Crippen molar-refractivity contribution in [3.8, 4) is 0 Å². The molecule has 0 saturated heterocycles. The summed E-state index contributed by atoms with van der Waals surface area (Å²) in [6.45, 7) is 0.966. The number of hydrogen-bond donors (Lipinski definition) is 2. The van der Waals surface area contributed by atoms with Gasteiger partial charge in [-0.05, 0) is 43.1 Å². The van der Waals surface area contributed by atoms with E-state index in [2.05, 4.69) is 10.6 Å². The van der Waals surface area contributed by atoms with Crippen LogP contribution in [0.1, 0.15) is 53.6 Å². The van der Waals surface area contributed by atoms with Gasteiger partial charge >= 0.3 is 5.97 Å². The molecule has 0 radical (unpaired) electrons. The molecule has 5 heteroatoms. The number of benzene rings is 2. The Morgan fingerprint density at radius 3 is 2.25 bits per heavy atom. The highest BCUT2D eigenvalue weighted by molar-refractivity contribution is 5.98. The second-order valence-electron chi connectivity index (χ2n) is 7.39. The van der Waals surface area contributed by atoms with Gasteiger partial charge in [-0.3, -0.25) is 4.79 Å². The molecule has 1 aliphatic carbocycles. The Bertz CT molecular complexity index is 781. The summed E-state index contributed by atoms with van der Waals surface area (Å²) in [5.74, 6) is -0.564. The van der Waals surface area contributed by atoms with Gasteiger partial charge in [0.05, 0.1) is 0 Å². The van der Waals surface area contributed by atoms with Gasteiger partial charge in [0.2, 0.25) is 0 Å². The van der Waals surface area contributed by atoms with E-state index in [0.29, 0.717) is 18.4 Å². The molecule has 0 unspecified atom stereocenters. The fourth-order valence-electron chi connectivity index (χ4n) is 3.66. The number of ether oxygens (including phenoxy) is 1. The Hall–Kier alpha value is -2.66. The lowest BCUT2D eigenvalue weighted by molar-refractivity contribution is -0.154. The third-order valence-corrected chi connectivity index (χ3v) is 5.26. The van der Waals surface area contributed by atoms with Crippen LogP contribution >= 0.6 is 0 Å². The maximum atomic E-state index is 13.0. The van der Waals surface area contributed by atoms with Crippen LogP contribution in [0.15, 0.2) is 54.6 Å². The molecule has 1 aliphatic rings. The van der Waals surface area contributed by atoms with Crippen LogP contribution in [-0.4, -0.2) is 24.5 Å². The molecule has 0 spiro atoms. The minimum atomic E-state index is -0.937. The summed E-state index contributed by atoms with van der Waals surface area (Å²) >= 11 is 0. The quantitative estimate of drug-likeness (QED) is 0.721. The molecule has 2 aromatic carbocycles. The van der Waals surface area contributed by atoms with Crippen LogP contribution < -0.4 is 10.6 Å². The maximum Gasteiger partial charge on any atom is 0.332 e. The van der Waals surface area contributed by atoms with Gasteiger partial charge in [-0.2, -0.15) is 0 Å². The smallest absolute Gasteiger partial charge is 0.332 e. The Kier molecular flexibility index (Phi) is 6.82. The summed E-state index contributed by atoms with van der Waals surface area (Å²) in [6.07, 6.45) is 4.11. The van der Waals surface area contributed by atoms with Crippen molar-refractivity contribution in [3.05, 3.63) is 71.3 Å². The van der Waals surface area contributed by atoms with E-state index in [4.69, 9.17) is 4.74 Å². The maximum absolute atomic E-state index is 13.0. The first kappa shape index (κ1) is 20.1. The molecule has 0 aromatic heterocycles. The fraction of sp³-hybridized carbons (Fsp3) is 0.391. The van der Waals surface area contributed by atoms with Gasteiger partial charge in [-0.1, -0.05) is 61.7 Å². The summed E-state index contributed by atoms with van der Waals surface area (Å²) in [7, 11) is 1.88. The van der Waals surface area contributed by atoms with Crippen molar-refractivity contribution >= 4 is 11.9 Å². The fourth-order valence-corrected chi connectivity index (χ4v) is 3.66. The molecule has 0 atom stereocenters. The molecular formula is C23H28N2O3. The monoisotopic (exact) mass is 380 g/mol. The van der Waals surface area contributed by atoms with Crippen LogP contribution in [-0.2, 0) is 22.7 Å². The predicted molar refractivity (Wildman–Crippen MR) is 109 cm³/mol. The van der Waals surface area contributed by atoms with Crippen molar-refractivity contribution in [2.24, 2.45) is 0 Å². The number of amides is 1. The lowest BCUT2D eigenvalue weighted by Gasteiger charge is -2.35. The van der Waals surface area contributed by atoms with E-state index < -0.39 is 5.54 Å². The van der Waals surface area contributed by atoms with Gasteiger partial charge in [-0.15, -0.1) is 0 Å². The Labute approximate surface area is 166 Å². The lowest BCUT2D eigenvalue weighted by atomic mass is 9.81. The summed E-state index contributed by atoms with van der Waals surface area (Å²) in [5, 5.41) is 6.09. The number of esters is 1. The van der Waals surface area contributed by atoms with E-state index in [-0.39, 0.29) is 18.5 Å². The summed E-state index contributed by atoms with van der Waals surface area (Å²) in [6, 6.07) is 17.0. The molecule has 1 fully saturated rings. The van der Waals surface area contributed by atoms with E-state index >= 15 is 0 Å². The third-order valence-electron chi connectivity index (χ3n) is 5.26.